The molecule has 0 aromatic carbocycles. The van der Waals surface area contributed by atoms with E-state index in [0.29, 0.717) is 17.0 Å². The van der Waals surface area contributed by atoms with Crippen molar-refractivity contribution >= 4 is 23.1 Å². The molecule has 0 fully saturated rings. The number of carbonyl (C=O) groups is 1. The van der Waals surface area contributed by atoms with E-state index in [-0.39, 0.29) is 36.0 Å². The van der Waals surface area contributed by atoms with Crippen molar-refractivity contribution in [3.8, 4) is 6.07 Å². The number of hydrogen-bond donors (Lipinski definition) is 0. The number of nitrogens with zero attached hydrogens (tertiary/aromatic N) is 3. The summed E-state index contributed by atoms with van der Waals surface area (Å²) in [6, 6.07) is 4.91. The first-order chi connectivity index (χ1) is 15.4. The molecule has 0 radical (unpaired) electrons. The van der Waals surface area contributed by atoms with Crippen molar-refractivity contribution in [3.05, 3.63) is 59.0 Å². The predicted molar refractivity (Wildman–Crippen MR) is 106 cm³/mol. The zero-order valence-corrected chi connectivity index (χ0v) is 17.2. The van der Waals surface area contributed by atoms with Crippen LogP contribution in [0.25, 0.3) is 17.1 Å². The van der Waals surface area contributed by atoms with E-state index < -0.39 is 36.2 Å². The topological polar surface area (TPSA) is 67.9 Å². The van der Waals surface area contributed by atoms with Crippen molar-refractivity contribution in [2.45, 2.75) is 32.2 Å². The van der Waals surface area contributed by atoms with Gasteiger partial charge >= 0.3 is 18.3 Å². The molecule has 0 amide bonds. The highest BCUT2D eigenvalue weighted by Crippen LogP contribution is 2.41. The van der Waals surface area contributed by atoms with E-state index in [1.165, 1.54) is 23.0 Å². The number of allylic oxidation sites excluding steroid dienone is 4. The van der Waals surface area contributed by atoms with Crippen molar-refractivity contribution < 1.29 is 35.9 Å². The third-order valence-electron chi connectivity index (χ3n) is 4.92. The van der Waals surface area contributed by atoms with Crippen molar-refractivity contribution in [3.63, 3.8) is 0 Å². The Morgan fingerprint density at radius 3 is 2.67 bits per heavy atom. The highest BCUT2D eigenvalue weighted by Gasteiger charge is 2.44. The molecule has 2 aromatic rings. The summed E-state index contributed by atoms with van der Waals surface area (Å²) < 4.78 is 85.6. The van der Waals surface area contributed by atoms with Crippen LogP contribution in [0.2, 0.25) is 0 Å². The van der Waals surface area contributed by atoms with E-state index in [0.717, 1.165) is 0 Å². The molecule has 11 heteroatoms. The van der Waals surface area contributed by atoms with Crippen LogP contribution in [0.5, 0.6) is 0 Å². The summed E-state index contributed by atoms with van der Waals surface area (Å²) in [5.41, 5.74) is -1.13. The largest absolute Gasteiger partial charge is 0.462 e. The molecule has 1 aliphatic rings. The van der Waals surface area contributed by atoms with E-state index >= 15 is 0 Å². The molecule has 0 bridgehead atoms. The van der Waals surface area contributed by atoms with Gasteiger partial charge in [-0.15, -0.1) is 0 Å². The van der Waals surface area contributed by atoms with Crippen LogP contribution < -0.4 is 0 Å². The molecule has 0 spiro atoms. The Labute approximate surface area is 184 Å². The average molecular weight is 469 g/mol. The van der Waals surface area contributed by atoms with E-state index in [1.807, 2.05) is 0 Å². The van der Waals surface area contributed by atoms with E-state index in [1.54, 1.807) is 25.1 Å². The van der Waals surface area contributed by atoms with Crippen molar-refractivity contribution in [1.82, 2.24) is 9.55 Å². The van der Waals surface area contributed by atoms with Gasteiger partial charge in [-0.25, -0.2) is 9.78 Å². The van der Waals surface area contributed by atoms with Crippen LogP contribution in [0.1, 0.15) is 18.9 Å². The summed E-state index contributed by atoms with van der Waals surface area (Å²) in [7, 11) is 0. The van der Waals surface area contributed by atoms with Crippen LogP contribution in [0.4, 0.5) is 26.3 Å². The zero-order chi connectivity index (χ0) is 24.4. The van der Waals surface area contributed by atoms with Crippen molar-refractivity contribution in [2.24, 2.45) is 5.92 Å². The molecule has 1 atom stereocenters. The Balaban J connectivity index is 2.04. The second kappa shape index (κ2) is 9.13. The molecule has 0 saturated heterocycles. The lowest BCUT2D eigenvalue weighted by Crippen LogP contribution is -2.27. The van der Waals surface area contributed by atoms with Gasteiger partial charge in [-0.1, -0.05) is 6.08 Å². The maximum atomic E-state index is 13.3. The minimum atomic E-state index is -4.93. The quantitative estimate of drug-likeness (QED) is 0.251. The number of esters is 1. The predicted octanol–water partition coefficient (Wildman–Crippen LogP) is 5.50. The molecule has 2 aromatic heterocycles. The normalized spacial score (nSPS) is 17.4. The van der Waals surface area contributed by atoms with Gasteiger partial charge in [0.25, 0.3) is 0 Å². The van der Waals surface area contributed by atoms with Crippen LogP contribution in [0.15, 0.2) is 53.4 Å². The standard InChI is InChI=1S/C22H17F6N3O2/c1-2-33-20(32)14(10-29)8-15-12-31(19-18(15)4-3-5-30-19)11-13-6-16(21(23,24)25)9-17(7-13)22(26,27)28/h3-6,8-9,12,17H,2,7,11H2,1H3/b14-8+. The molecule has 174 valence electrons. The number of ether oxygens (including phenoxy) is 1. The maximum Gasteiger partial charge on any atom is 0.416 e. The highest BCUT2D eigenvalue weighted by molar-refractivity contribution is 6.00. The number of aromatic nitrogens is 2. The Morgan fingerprint density at radius 1 is 1.33 bits per heavy atom. The first-order valence-electron chi connectivity index (χ1n) is 9.72. The van der Waals surface area contributed by atoms with Gasteiger partial charge in [0.05, 0.1) is 18.1 Å². The number of nitriles is 1. The summed E-state index contributed by atoms with van der Waals surface area (Å²) in [5, 5.41) is 9.73. The fraction of sp³-hybridized carbons (Fsp3) is 0.318. The first kappa shape index (κ1) is 24.1. The molecule has 1 unspecified atom stereocenters. The second-order valence-corrected chi connectivity index (χ2v) is 7.25. The van der Waals surface area contributed by atoms with E-state index in [4.69, 9.17) is 4.74 Å². The molecule has 33 heavy (non-hydrogen) atoms. The van der Waals surface area contributed by atoms with Gasteiger partial charge in [0, 0.05) is 29.9 Å². The fourth-order valence-electron chi connectivity index (χ4n) is 3.49. The van der Waals surface area contributed by atoms with Crippen LogP contribution in [0.3, 0.4) is 0 Å². The molecular weight excluding hydrogens is 452 g/mol. The van der Waals surface area contributed by atoms with Crippen molar-refractivity contribution in [1.29, 1.82) is 5.26 Å². The van der Waals surface area contributed by atoms with Gasteiger partial charge in [-0.05, 0) is 43.2 Å². The summed E-state index contributed by atoms with van der Waals surface area (Å²) in [6.45, 7) is 1.33. The lowest BCUT2D eigenvalue weighted by Gasteiger charge is -2.25. The van der Waals surface area contributed by atoms with Gasteiger partial charge in [0.15, 0.2) is 0 Å². The fourth-order valence-corrected chi connectivity index (χ4v) is 3.49. The molecule has 5 nitrogen and oxygen atoms in total. The number of alkyl halides is 6. The molecule has 0 N–H and O–H groups in total. The van der Waals surface area contributed by atoms with Gasteiger partial charge < -0.3 is 9.30 Å². The second-order valence-electron chi connectivity index (χ2n) is 7.25. The first-order valence-corrected chi connectivity index (χ1v) is 9.72. The Hall–Kier alpha value is -3.55. The minimum absolute atomic E-state index is 0.0464. The number of hydrogen-bond acceptors (Lipinski definition) is 4. The van der Waals surface area contributed by atoms with Crippen molar-refractivity contribution in [2.75, 3.05) is 6.61 Å². The van der Waals surface area contributed by atoms with Crippen LogP contribution in [-0.2, 0) is 16.1 Å². The van der Waals surface area contributed by atoms with Gasteiger partial charge in [0.1, 0.15) is 17.3 Å². The maximum absolute atomic E-state index is 13.3. The van der Waals surface area contributed by atoms with E-state index in [9.17, 15) is 36.4 Å². The van der Waals surface area contributed by atoms with E-state index in [2.05, 4.69) is 4.98 Å². The lowest BCUT2D eigenvalue weighted by atomic mass is 9.89. The SMILES string of the molecule is CCOC(=O)/C(C#N)=C/c1cn(CC2=CC(C(F)(F)F)=CC(C(F)(F)F)C2)c2ncccc12. The van der Waals surface area contributed by atoms with Gasteiger partial charge in [-0.2, -0.15) is 31.6 Å². The lowest BCUT2D eigenvalue weighted by molar-refractivity contribution is -0.162. The van der Waals surface area contributed by atoms with Crippen LogP contribution >= 0.6 is 0 Å². The third-order valence-corrected chi connectivity index (χ3v) is 4.92. The molecular formula is C22H17F6N3O2. The zero-order valence-electron chi connectivity index (χ0n) is 17.2. The minimum Gasteiger partial charge on any atom is -0.462 e. The van der Waals surface area contributed by atoms with Gasteiger partial charge in [-0.3, -0.25) is 0 Å². The molecule has 3 rings (SSSR count). The average Bonchev–Trinajstić information content (AvgIpc) is 3.08. The number of halogens is 6. The molecule has 2 heterocycles. The van der Waals surface area contributed by atoms with Crippen LogP contribution in [-0.4, -0.2) is 34.5 Å². The summed E-state index contributed by atoms with van der Waals surface area (Å²) in [5.74, 6) is -3.12. The molecule has 1 aliphatic carbocycles. The van der Waals surface area contributed by atoms with Crippen LogP contribution in [0, 0.1) is 17.2 Å². The summed E-state index contributed by atoms with van der Waals surface area (Å²) >= 11 is 0. The molecule has 0 saturated carbocycles. The number of carbonyl (C=O) groups excluding carboxylic acids is 1. The number of fused-ring (bicyclic) bond motifs is 1. The number of rotatable bonds is 5. The third kappa shape index (κ3) is 5.45. The number of pyridine rings is 1. The smallest absolute Gasteiger partial charge is 0.416 e. The Kier molecular flexibility index (Phi) is 6.67. The highest BCUT2D eigenvalue weighted by atomic mass is 19.4. The monoisotopic (exact) mass is 469 g/mol. The summed E-state index contributed by atoms with van der Waals surface area (Å²) in [4.78, 5) is 16.1. The Morgan fingerprint density at radius 2 is 2.06 bits per heavy atom. The Bertz CT molecular complexity index is 1200. The summed E-state index contributed by atoms with van der Waals surface area (Å²) in [6.07, 6.45) is -5.40. The van der Waals surface area contributed by atoms with Gasteiger partial charge in [0.2, 0.25) is 0 Å². The molecule has 0 aliphatic heterocycles.